The molecule has 0 amide bonds. The van der Waals surface area contributed by atoms with Gasteiger partial charge in [-0.2, -0.15) is 0 Å². The van der Waals surface area contributed by atoms with Gasteiger partial charge in [0.1, 0.15) is 0 Å². The molecule has 1 aromatic carbocycles. The van der Waals surface area contributed by atoms with Gasteiger partial charge in [-0.25, -0.2) is 0 Å². The van der Waals surface area contributed by atoms with Gasteiger partial charge in [-0.05, 0) is 23.6 Å². The highest BCUT2D eigenvalue weighted by atomic mass is 32.1. The van der Waals surface area contributed by atoms with Gasteiger partial charge in [-0.3, -0.25) is 0 Å². The Labute approximate surface area is 108 Å². The van der Waals surface area contributed by atoms with Crippen molar-refractivity contribution in [1.82, 2.24) is 10.2 Å². The second-order valence-corrected chi connectivity index (χ2v) is 4.74. The van der Waals surface area contributed by atoms with E-state index >= 15 is 0 Å². The minimum atomic E-state index is 0.447. The number of nitrogens with zero attached hydrogens (tertiary/aromatic N) is 2. The third-order valence-corrected chi connectivity index (χ3v) is 3.32. The highest BCUT2D eigenvalue weighted by Crippen LogP contribution is 2.19. The van der Waals surface area contributed by atoms with E-state index in [1.807, 2.05) is 41.8 Å². The van der Waals surface area contributed by atoms with Crippen LogP contribution in [-0.4, -0.2) is 10.2 Å². The molecule has 0 saturated carbocycles. The van der Waals surface area contributed by atoms with Gasteiger partial charge in [-0.15, -0.1) is 16.4 Å². The van der Waals surface area contributed by atoms with Crippen LogP contribution in [0.5, 0.6) is 0 Å². The topological polar surface area (TPSA) is 51.0 Å². The van der Waals surface area contributed by atoms with E-state index in [0.29, 0.717) is 18.5 Å². The van der Waals surface area contributed by atoms with Crippen molar-refractivity contribution in [1.29, 1.82) is 0 Å². The van der Waals surface area contributed by atoms with Crippen LogP contribution in [0.15, 0.2) is 52.3 Å². The zero-order valence-electron chi connectivity index (χ0n) is 9.54. The van der Waals surface area contributed by atoms with Gasteiger partial charge in [0.15, 0.2) is 0 Å². The highest BCUT2D eigenvalue weighted by molar-refractivity contribution is 7.09. The maximum Gasteiger partial charge on any atom is 0.316 e. The number of benzene rings is 1. The molecule has 90 valence electrons. The van der Waals surface area contributed by atoms with E-state index in [-0.39, 0.29) is 0 Å². The standard InChI is InChI=1S/C13H11N3OS/c1-2-5-10(6-3-1)12-15-16-13(17-12)14-9-11-7-4-8-18-11/h1-8H,9H2,(H,14,16). The van der Waals surface area contributed by atoms with Crippen molar-refractivity contribution < 1.29 is 4.42 Å². The van der Waals surface area contributed by atoms with Crippen LogP contribution in [0.25, 0.3) is 11.5 Å². The first kappa shape index (κ1) is 11.0. The Morgan fingerprint density at radius 3 is 2.72 bits per heavy atom. The van der Waals surface area contributed by atoms with Crippen molar-refractivity contribution >= 4 is 17.4 Å². The summed E-state index contributed by atoms with van der Waals surface area (Å²) in [5.74, 6) is 0.532. The van der Waals surface area contributed by atoms with Gasteiger partial charge in [0.2, 0.25) is 5.89 Å². The van der Waals surface area contributed by atoms with E-state index in [9.17, 15) is 0 Å². The summed E-state index contributed by atoms with van der Waals surface area (Å²) in [7, 11) is 0. The molecule has 2 heterocycles. The summed E-state index contributed by atoms with van der Waals surface area (Å²) in [5, 5.41) is 13.1. The number of hydrogen-bond acceptors (Lipinski definition) is 5. The Kier molecular flexibility index (Phi) is 3.06. The Morgan fingerprint density at radius 2 is 1.94 bits per heavy atom. The van der Waals surface area contributed by atoms with Gasteiger partial charge in [-0.1, -0.05) is 29.4 Å². The van der Waals surface area contributed by atoms with Gasteiger partial charge < -0.3 is 9.73 Å². The molecular formula is C13H11N3OS. The summed E-state index contributed by atoms with van der Waals surface area (Å²) >= 11 is 1.69. The highest BCUT2D eigenvalue weighted by Gasteiger charge is 2.07. The van der Waals surface area contributed by atoms with Crippen LogP contribution in [0.2, 0.25) is 0 Å². The number of aromatic nitrogens is 2. The van der Waals surface area contributed by atoms with Crippen LogP contribution < -0.4 is 5.32 Å². The fraction of sp³-hybridized carbons (Fsp3) is 0.0769. The minimum Gasteiger partial charge on any atom is -0.403 e. The van der Waals surface area contributed by atoms with Crippen molar-refractivity contribution in [3.8, 4) is 11.5 Å². The summed E-state index contributed by atoms with van der Waals surface area (Å²) in [6.07, 6.45) is 0. The molecule has 1 N–H and O–H groups in total. The van der Waals surface area contributed by atoms with Gasteiger partial charge in [0, 0.05) is 10.4 Å². The van der Waals surface area contributed by atoms with Crippen LogP contribution in [-0.2, 0) is 6.54 Å². The van der Waals surface area contributed by atoms with Crippen LogP contribution >= 0.6 is 11.3 Å². The summed E-state index contributed by atoms with van der Waals surface area (Å²) in [4.78, 5) is 1.23. The van der Waals surface area contributed by atoms with Crippen molar-refractivity contribution in [2.24, 2.45) is 0 Å². The van der Waals surface area contributed by atoms with E-state index in [0.717, 1.165) is 5.56 Å². The quantitative estimate of drug-likeness (QED) is 0.778. The van der Waals surface area contributed by atoms with E-state index < -0.39 is 0 Å². The molecular weight excluding hydrogens is 246 g/mol. The lowest BCUT2D eigenvalue weighted by molar-refractivity contribution is 0.581. The van der Waals surface area contributed by atoms with Crippen molar-refractivity contribution in [3.05, 3.63) is 52.7 Å². The smallest absolute Gasteiger partial charge is 0.316 e. The molecule has 3 aromatic rings. The minimum absolute atomic E-state index is 0.447. The molecule has 0 unspecified atom stereocenters. The summed E-state index contributed by atoms with van der Waals surface area (Å²) in [6.45, 7) is 0.702. The van der Waals surface area contributed by atoms with E-state index in [1.54, 1.807) is 11.3 Å². The van der Waals surface area contributed by atoms with Crippen LogP contribution in [0, 0.1) is 0 Å². The first-order valence-corrected chi connectivity index (χ1v) is 6.45. The average molecular weight is 257 g/mol. The number of rotatable bonds is 4. The molecule has 5 heteroatoms. The van der Waals surface area contributed by atoms with E-state index in [1.165, 1.54) is 4.88 Å². The fourth-order valence-corrected chi connectivity index (χ4v) is 2.21. The summed E-state index contributed by atoms with van der Waals surface area (Å²) < 4.78 is 5.54. The lowest BCUT2D eigenvalue weighted by Crippen LogP contribution is -1.97. The fourth-order valence-electron chi connectivity index (χ4n) is 1.57. The second kappa shape index (κ2) is 5.01. The monoisotopic (exact) mass is 257 g/mol. The molecule has 0 bridgehead atoms. The number of hydrogen-bond donors (Lipinski definition) is 1. The van der Waals surface area contributed by atoms with E-state index in [2.05, 4.69) is 21.6 Å². The number of nitrogens with one attached hydrogen (secondary N) is 1. The maximum atomic E-state index is 5.54. The van der Waals surface area contributed by atoms with Crippen LogP contribution in [0.1, 0.15) is 4.88 Å². The Hall–Kier alpha value is -2.14. The number of thiophene rings is 1. The molecule has 2 aromatic heterocycles. The Bertz CT molecular complexity index is 604. The average Bonchev–Trinajstić information content (AvgIpc) is 3.09. The largest absolute Gasteiger partial charge is 0.403 e. The Balaban J connectivity index is 1.70. The normalized spacial score (nSPS) is 10.4. The molecule has 0 aliphatic carbocycles. The van der Waals surface area contributed by atoms with Crippen LogP contribution in [0.3, 0.4) is 0 Å². The lowest BCUT2D eigenvalue weighted by Gasteiger charge is -1.97. The van der Waals surface area contributed by atoms with Gasteiger partial charge in [0.05, 0.1) is 6.54 Å². The predicted octanol–water partition coefficient (Wildman–Crippen LogP) is 3.41. The molecule has 18 heavy (non-hydrogen) atoms. The second-order valence-electron chi connectivity index (χ2n) is 3.71. The SMILES string of the molecule is c1ccc(-c2nnc(NCc3cccs3)o2)cc1. The molecule has 0 fully saturated rings. The van der Waals surface area contributed by atoms with E-state index in [4.69, 9.17) is 4.42 Å². The molecule has 4 nitrogen and oxygen atoms in total. The molecule has 0 aliphatic rings. The van der Waals surface area contributed by atoms with Gasteiger partial charge in [0.25, 0.3) is 0 Å². The van der Waals surface area contributed by atoms with Gasteiger partial charge >= 0.3 is 6.01 Å². The molecule has 0 aliphatic heterocycles. The predicted molar refractivity (Wildman–Crippen MR) is 71.4 cm³/mol. The van der Waals surface area contributed by atoms with Crippen molar-refractivity contribution in [3.63, 3.8) is 0 Å². The zero-order valence-corrected chi connectivity index (χ0v) is 10.4. The summed E-state index contributed by atoms with van der Waals surface area (Å²) in [5.41, 5.74) is 0.925. The van der Waals surface area contributed by atoms with Crippen molar-refractivity contribution in [2.75, 3.05) is 5.32 Å². The molecule has 0 radical (unpaired) electrons. The molecule has 0 spiro atoms. The van der Waals surface area contributed by atoms with Crippen molar-refractivity contribution in [2.45, 2.75) is 6.54 Å². The molecule has 3 rings (SSSR count). The lowest BCUT2D eigenvalue weighted by atomic mass is 10.2. The summed E-state index contributed by atoms with van der Waals surface area (Å²) in [6, 6.07) is 14.2. The first-order chi connectivity index (χ1) is 8.92. The number of anilines is 1. The first-order valence-electron chi connectivity index (χ1n) is 5.57. The third kappa shape index (κ3) is 2.41. The Morgan fingerprint density at radius 1 is 1.06 bits per heavy atom. The third-order valence-electron chi connectivity index (χ3n) is 2.44. The van der Waals surface area contributed by atoms with Crippen LogP contribution in [0.4, 0.5) is 6.01 Å². The molecule has 0 saturated heterocycles. The zero-order chi connectivity index (χ0) is 12.2. The molecule has 0 atom stereocenters. The maximum absolute atomic E-state index is 5.54.